The van der Waals surface area contributed by atoms with Gasteiger partial charge in [0.25, 0.3) is 11.5 Å². The molecule has 11 heteroatoms. The number of fused-ring (bicyclic) bond motifs is 2. The number of hydrogen-bond donors (Lipinski definition) is 3. The Morgan fingerprint density at radius 2 is 2.03 bits per heavy atom. The molecule has 36 heavy (non-hydrogen) atoms. The molecule has 0 bridgehead atoms. The van der Waals surface area contributed by atoms with E-state index in [4.69, 9.17) is 4.74 Å². The van der Waals surface area contributed by atoms with E-state index in [9.17, 15) is 9.59 Å². The number of aromatic nitrogens is 5. The minimum atomic E-state index is -0.278. The molecule has 1 aliphatic heterocycles. The molecule has 0 aromatic carbocycles. The van der Waals surface area contributed by atoms with Crippen molar-refractivity contribution in [2.45, 2.75) is 31.4 Å². The predicted octanol–water partition coefficient (Wildman–Crippen LogP) is 2.36. The van der Waals surface area contributed by atoms with Crippen molar-refractivity contribution in [3.8, 4) is 5.82 Å². The second kappa shape index (κ2) is 9.08. The van der Waals surface area contributed by atoms with Crippen LogP contribution in [-0.4, -0.2) is 55.9 Å². The van der Waals surface area contributed by atoms with E-state index in [1.54, 1.807) is 49.8 Å². The molecular weight excluding hydrogens is 460 g/mol. The van der Waals surface area contributed by atoms with Crippen molar-refractivity contribution in [1.82, 2.24) is 29.5 Å². The van der Waals surface area contributed by atoms with Crippen molar-refractivity contribution in [3.05, 3.63) is 71.0 Å². The summed E-state index contributed by atoms with van der Waals surface area (Å²) in [6.45, 7) is 0.751. The van der Waals surface area contributed by atoms with Crippen molar-refractivity contribution in [3.63, 3.8) is 0 Å². The van der Waals surface area contributed by atoms with E-state index >= 15 is 0 Å². The first-order chi connectivity index (χ1) is 17.6. The van der Waals surface area contributed by atoms with E-state index in [0.29, 0.717) is 40.3 Å². The lowest BCUT2D eigenvalue weighted by Crippen LogP contribution is -2.41. The summed E-state index contributed by atoms with van der Waals surface area (Å²) in [5.74, 6) is 1.16. The van der Waals surface area contributed by atoms with E-state index in [1.807, 2.05) is 6.07 Å². The van der Waals surface area contributed by atoms with Crippen molar-refractivity contribution < 1.29 is 9.53 Å². The summed E-state index contributed by atoms with van der Waals surface area (Å²) in [6, 6.07) is 10.5. The van der Waals surface area contributed by atoms with E-state index in [-0.39, 0.29) is 23.6 Å². The van der Waals surface area contributed by atoms with Crippen molar-refractivity contribution in [2.24, 2.45) is 5.92 Å². The number of imidazole rings is 1. The fourth-order valence-corrected chi connectivity index (χ4v) is 5.14. The quantitative estimate of drug-likeness (QED) is 0.379. The van der Waals surface area contributed by atoms with Crippen molar-refractivity contribution in [1.29, 1.82) is 0 Å². The lowest BCUT2D eigenvalue weighted by Gasteiger charge is -2.19. The Morgan fingerprint density at radius 1 is 1.11 bits per heavy atom. The lowest BCUT2D eigenvalue weighted by molar-refractivity contribution is 0.0687. The van der Waals surface area contributed by atoms with Gasteiger partial charge in [-0.1, -0.05) is 6.07 Å². The molecule has 5 heterocycles. The second-order valence-electron chi connectivity index (χ2n) is 9.02. The molecule has 11 nitrogen and oxygen atoms in total. The van der Waals surface area contributed by atoms with Crippen LogP contribution < -0.4 is 21.5 Å². The minimum Gasteiger partial charge on any atom is -0.385 e. The molecule has 1 saturated carbocycles. The van der Waals surface area contributed by atoms with Crippen LogP contribution in [0.1, 0.15) is 29.8 Å². The maximum absolute atomic E-state index is 13.2. The van der Waals surface area contributed by atoms with Gasteiger partial charge in [0.2, 0.25) is 0 Å². The molecule has 6 rings (SSSR count). The molecule has 0 spiro atoms. The number of pyridine rings is 2. The summed E-state index contributed by atoms with van der Waals surface area (Å²) in [6.07, 6.45) is 7.89. The van der Waals surface area contributed by atoms with E-state index in [2.05, 4.69) is 31.0 Å². The molecule has 1 amide bonds. The molecule has 4 aromatic rings. The molecule has 0 radical (unpaired) electrons. The summed E-state index contributed by atoms with van der Waals surface area (Å²) in [4.78, 5) is 35.0. The molecule has 4 aromatic heterocycles. The van der Waals surface area contributed by atoms with Crippen LogP contribution in [0.15, 0.2) is 59.8 Å². The number of anilines is 3. The van der Waals surface area contributed by atoms with Crippen LogP contribution in [0.2, 0.25) is 0 Å². The molecule has 3 atom stereocenters. The fourth-order valence-electron chi connectivity index (χ4n) is 5.14. The van der Waals surface area contributed by atoms with E-state index in [0.717, 1.165) is 25.9 Å². The zero-order valence-corrected chi connectivity index (χ0v) is 19.7. The number of nitrogens with one attached hydrogen (secondary N) is 3. The summed E-state index contributed by atoms with van der Waals surface area (Å²) in [5, 5.41) is 13.9. The van der Waals surface area contributed by atoms with Gasteiger partial charge in [-0.25, -0.2) is 14.5 Å². The Balaban J connectivity index is 1.32. The average Bonchev–Trinajstić information content (AvgIpc) is 3.63. The van der Waals surface area contributed by atoms with Gasteiger partial charge in [-0.05, 0) is 49.4 Å². The van der Waals surface area contributed by atoms with Crippen molar-refractivity contribution in [2.75, 3.05) is 24.3 Å². The number of nitrogens with zero attached hydrogens (tertiary/aromatic N) is 5. The first-order valence-electron chi connectivity index (χ1n) is 12.0. The highest BCUT2D eigenvalue weighted by Gasteiger charge is 2.41. The first-order valence-corrected chi connectivity index (χ1v) is 12.0. The molecule has 0 unspecified atom stereocenters. The van der Waals surface area contributed by atoms with Gasteiger partial charge in [-0.15, -0.1) is 5.10 Å². The zero-order chi connectivity index (χ0) is 24.6. The third kappa shape index (κ3) is 3.87. The smallest absolute Gasteiger partial charge is 0.279 e. The first kappa shape index (κ1) is 22.2. The lowest BCUT2D eigenvalue weighted by atomic mass is 10.0. The molecule has 1 aliphatic carbocycles. The molecule has 2 fully saturated rings. The number of carbonyl (C=O) groups excluding carboxylic acids is 1. The van der Waals surface area contributed by atoms with Crippen LogP contribution in [-0.2, 0) is 4.74 Å². The third-order valence-corrected chi connectivity index (χ3v) is 6.90. The number of ether oxygens (including phenoxy) is 1. The van der Waals surface area contributed by atoms with Crippen LogP contribution in [0, 0.1) is 5.92 Å². The zero-order valence-electron chi connectivity index (χ0n) is 19.7. The molecule has 1 saturated heterocycles. The van der Waals surface area contributed by atoms with Gasteiger partial charge in [-0.2, -0.15) is 0 Å². The highest BCUT2D eigenvalue weighted by Crippen LogP contribution is 2.36. The predicted molar refractivity (Wildman–Crippen MR) is 134 cm³/mol. The molecular formula is C25H26N8O3. The van der Waals surface area contributed by atoms with Gasteiger partial charge in [0.15, 0.2) is 17.2 Å². The van der Waals surface area contributed by atoms with Crippen LogP contribution in [0.25, 0.3) is 11.5 Å². The standard InChI is InChI=1S/C25H26N8O3/c1-26-18-13-20(29-17-5-4-11-32(25(17)35)21-6-2-3-10-27-21)31-33-19(14-28-23(18)33)24(34)30-16-8-7-15-9-12-36-22(15)16/h2-6,10-11,13-16,22,26H,7-9,12H2,1H3,(H,29,31)(H,30,34)/t15-,16+,22+/m1/s1. The molecule has 184 valence electrons. The summed E-state index contributed by atoms with van der Waals surface area (Å²) in [7, 11) is 1.76. The third-order valence-electron chi connectivity index (χ3n) is 6.90. The Morgan fingerprint density at radius 3 is 2.86 bits per heavy atom. The number of hydrogen-bond acceptors (Lipinski definition) is 8. The Labute approximate surface area is 206 Å². The maximum Gasteiger partial charge on any atom is 0.279 e. The van der Waals surface area contributed by atoms with Gasteiger partial charge in [0.05, 0.1) is 24.0 Å². The fraction of sp³-hybridized carbons (Fsp3) is 0.320. The SMILES string of the molecule is CNc1cc(Nc2cccn(-c3ccccn3)c2=O)nn2c(C(=O)N[C@H]3CC[C@@H]4CCO[C@@H]43)cnc12. The summed E-state index contributed by atoms with van der Waals surface area (Å²) < 4.78 is 8.81. The van der Waals surface area contributed by atoms with Gasteiger partial charge >= 0.3 is 0 Å². The van der Waals surface area contributed by atoms with Crippen molar-refractivity contribution >= 4 is 28.7 Å². The monoisotopic (exact) mass is 486 g/mol. The van der Waals surface area contributed by atoms with Gasteiger partial charge in [0.1, 0.15) is 11.5 Å². The molecule has 3 N–H and O–H groups in total. The van der Waals surface area contributed by atoms with Crippen LogP contribution in [0.4, 0.5) is 17.2 Å². The summed E-state index contributed by atoms with van der Waals surface area (Å²) in [5.41, 5.74) is 1.52. The Hall–Kier alpha value is -4.25. The van der Waals surface area contributed by atoms with E-state index < -0.39 is 0 Å². The minimum absolute atomic E-state index is 0.0185. The summed E-state index contributed by atoms with van der Waals surface area (Å²) >= 11 is 0. The maximum atomic E-state index is 13.2. The average molecular weight is 487 g/mol. The normalized spacial score (nSPS) is 20.9. The van der Waals surface area contributed by atoms with Crippen LogP contribution in [0.5, 0.6) is 0 Å². The van der Waals surface area contributed by atoms with Gasteiger partial charge in [-0.3, -0.25) is 14.2 Å². The van der Waals surface area contributed by atoms with Gasteiger partial charge in [0, 0.05) is 32.1 Å². The highest BCUT2D eigenvalue weighted by atomic mass is 16.5. The highest BCUT2D eigenvalue weighted by molar-refractivity contribution is 5.94. The topological polar surface area (TPSA) is 127 Å². The number of carbonyl (C=O) groups is 1. The number of amides is 1. The second-order valence-corrected chi connectivity index (χ2v) is 9.02. The number of rotatable bonds is 6. The Kier molecular flexibility index (Phi) is 5.61. The van der Waals surface area contributed by atoms with E-state index in [1.165, 1.54) is 15.3 Å². The van der Waals surface area contributed by atoms with Crippen LogP contribution in [0.3, 0.4) is 0 Å². The largest absolute Gasteiger partial charge is 0.385 e. The molecule has 2 aliphatic rings. The van der Waals surface area contributed by atoms with Crippen LogP contribution >= 0.6 is 0 Å². The Bertz CT molecular complexity index is 1480. The van der Waals surface area contributed by atoms with Gasteiger partial charge < -0.3 is 20.7 Å².